The SMILES string of the molecule is C=CC[C@]1(c2c(OC)cccc2OC)Cc2ccccc2OC1=O. The Hall–Kier alpha value is -2.75. The number of carbonyl (C=O) groups is 1. The summed E-state index contributed by atoms with van der Waals surface area (Å²) in [7, 11) is 3.17. The van der Waals surface area contributed by atoms with Crippen molar-refractivity contribution in [3.05, 3.63) is 66.2 Å². The third-order valence-electron chi connectivity index (χ3n) is 4.46. The number of benzene rings is 2. The van der Waals surface area contributed by atoms with E-state index < -0.39 is 5.41 Å². The van der Waals surface area contributed by atoms with Crippen LogP contribution in [-0.4, -0.2) is 20.2 Å². The fourth-order valence-corrected chi connectivity index (χ4v) is 3.36. The van der Waals surface area contributed by atoms with Gasteiger partial charge in [-0.3, -0.25) is 4.79 Å². The summed E-state index contributed by atoms with van der Waals surface area (Å²) >= 11 is 0. The Morgan fingerprint density at radius 3 is 2.42 bits per heavy atom. The van der Waals surface area contributed by atoms with Gasteiger partial charge in [-0.25, -0.2) is 0 Å². The number of para-hydroxylation sites is 1. The molecule has 1 aliphatic heterocycles. The Kier molecular flexibility index (Phi) is 4.30. The van der Waals surface area contributed by atoms with Crippen LogP contribution in [0.15, 0.2) is 55.1 Å². The van der Waals surface area contributed by atoms with Crippen molar-refractivity contribution in [1.29, 1.82) is 0 Å². The van der Waals surface area contributed by atoms with Crippen LogP contribution in [0.2, 0.25) is 0 Å². The standard InChI is InChI=1S/C20H20O4/c1-4-12-20(18-16(22-2)10-7-11-17(18)23-3)13-14-8-5-6-9-15(14)24-19(20)21/h4-11H,1,12-13H2,2-3H3/t20-/m1/s1. The van der Waals surface area contributed by atoms with Gasteiger partial charge >= 0.3 is 5.97 Å². The number of hydrogen-bond acceptors (Lipinski definition) is 4. The van der Waals surface area contributed by atoms with Gasteiger partial charge in [0.15, 0.2) is 0 Å². The van der Waals surface area contributed by atoms with E-state index in [0.717, 1.165) is 5.56 Å². The Morgan fingerprint density at radius 2 is 1.79 bits per heavy atom. The number of fused-ring (bicyclic) bond motifs is 1. The predicted molar refractivity (Wildman–Crippen MR) is 91.8 cm³/mol. The van der Waals surface area contributed by atoms with E-state index >= 15 is 0 Å². The van der Waals surface area contributed by atoms with Crippen molar-refractivity contribution in [3.8, 4) is 17.2 Å². The molecule has 2 aromatic carbocycles. The molecule has 124 valence electrons. The van der Waals surface area contributed by atoms with Crippen molar-refractivity contribution in [2.75, 3.05) is 14.2 Å². The molecule has 1 heterocycles. The first-order chi connectivity index (χ1) is 11.7. The number of carbonyl (C=O) groups excluding carboxylic acids is 1. The Balaban J connectivity index is 2.25. The zero-order chi connectivity index (χ0) is 17.2. The van der Waals surface area contributed by atoms with Crippen molar-refractivity contribution in [3.63, 3.8) is 0 Å². The number of methoxy groups -OCH3 is 2. The summed E-state index contributed by atoms with van der Waals surface area (Å²) in [6.07, 6.45) is 2.67. The molecule has 0 amide bonds. The summed E-state index contributed by atoms with van der Waals surface area (Å²) in [5, 5.41) is 0. The molecule has 0 radical (unpaired) electrons. The van der Waals surface area contributed by atoms with Crippen LogP contribution in [0.3, 0.4) is 0 Å². The van der Waals surface area contributed by atoms with Gasteiger partial charge in [0.1, 0.15) is 22.7 Å². The Bertz CT molecular complexity index is 759. The summed E-state index contributed by atoms with van der Waals surface area (Å²) < 4.78 is 16.7. The third kappa shape index (κ3) is 2.44. The van der Waals surface area contributed by atoms with Crippen LogP contribution in [-0.2, 0) is 16.6 Å². The maximum atomic E-state index is 13.0. The van der Waals surface area contributed by atoms with Crippen LogP contribution in [0.4, 0.5) is 0 Å². The Morgan fingerprint density at radius 1 is 1.12 bits per heavy atom. The monoisotopic (exact) mass is 324 g/mol. The van der Waals surface area contributed by atoms with Crippen LogP contribution in [0, 0.1) is 0 Å². The first-order valence-electron chi connectivity index (χ1n) is 7.79. The highest BCUT2D eigenvalue weighted by Crippen LogP contribution is 2.47. The molecule has 0 aromatic heterocycles. The van der Waals surface area contributed by atoms with Crippen LogP contribution in [0.1, 0.15) is 17.5 Å². The normalized spacial score (nSPS) is 19.2. The lowest BCUT2D eigenvalue weighted by molar-refractivity contribution is -0.142. The van der Waals surface area contributed by atoms with Crippen molar-refractivity contribution in [2.45, 2.75) is 18.3 Å². The number of ether oxygens (including phenoxy) is 3. The van der Waals surface area contributed by atoms with Crippen molar-refractivity contribution in [1.82, 2.24) is 0 Å². The van der Waals surface area contributed by atoms with Crippen LogP contribution in [0.5, 0.6) is 17.2 Å². The highest BCUT2D eigenvalue weighted by Gasteiger charge is 2.48. The predicted octanol–water partition coefficient (Wildman–Crippen LogP) is 3.68. The summed E-state index contributed by atoms with van der Waals surface area (Å²) in [5.74, 6) is 1.50. The minimum atomic E-state index is -0.923. The number of rotatable bonds is 5. The van der Waals surface area contributed by atoms with Gasteiger partial charge in [-0.2, -0.15) is 0 Å². The zero-order valence-corrected chi connectivity index (χ0v) is 13.9. The molecule has 4 nitrogen and oxygen atoms in total. The minimum absolute atomic E-state index is 0.316. The summed E-state index contributed by atoms with van der Waals surface area (Å²) in [5.41, 5.74) is 0.759. The van der Waals surface area contributed by atoms with Gasteiger partial charge in [0, 0.05) is 0 Å². The van der Waals surface area contributed by atoms with Crippen LogP contribution < -0.4 is 14.2 Å². The lowest BCUT2D eigenvalue weighted by atomic mass is 9.71. The second kappa shape index (κ2) is 6.40. The van der Waals surface area contributed by atoms with E-state index in [4.69, 9.17) is 14.2 Å². The number of esters is 1. The second-order valence-electron chi connectivity index (χ2n) is 5.79. The van der Waals surface area contributed by atoms with Gasteiger partial charge in [0.2, 0.25) is 0 Å². The highest BCUT2D eigenvalue weighted by molar-refractivity contribution is 5.89. The van der Waals surface area contributed by atoms with Gasteiger partial charge in [-0.15, -0.1) is 6.58 Å². The fourth-order valence-electron chi connectivity index (χ4n) is 3.36. The molecule has 4 heteroatoms. The number of allylic oxidation sites excluding steroid dienone is 1. The average Bonchev–Trinajstić information content (AvgIpc) is 2.61. The fraction of sp³-hybridized carbons (Fsp3) is 0.250. The van der Waals surface area contributed by atoms with Crippen molar-refractivity contribution < 1.29 is 19.0 Å². The smallest absolute Gasteiger partial charge is 0.322 e. The van der Waals surface area contributed by atoms with E-state index in [9.17, 15) is 4.79 Å². The topological polar surface area (TPSA) is 44.8 Å². The summed E-state index contributed by atoms with van der Waals surface area (Å²) in [6.45, 7) is 3.84. The van der Waals surface area contributed by atoms with Crippen molar-refractivity contribution in [2.24, 2.45) is 0 Å². The average molecular weight is 324 g/mol. The molecule has 24 heavy (non-hydrogen) atoms. The molecule has 0 saturated carbocycles. The molecular formula is C20H20O4. The maximum Gasteiger partial charge on any atom is 0.322 e. The molecule has 1 aliphatic rings. The minimum Gasteiger partial charge on any atom is -0.496 e. The zero-order valence-electron chi connectivity index (χ0n) is 13.9. The molecule has 0 aliphatic carbocycles. The van der Waals surface area contributed by atoms with Gasteiger partial charge in [0.25, 0.3) is 0 Å². The quantitative estimate of drug-likeness (QED) is 0.478. The van der Waals surface area contributed by atoms with E-state index in [1.807, 2.05) is 42.5 Å². The van der Waals surface area contributed by atoms with E-state index in [2.05, 4.69) is 6.58 Å². The lowest BCUT2D eigenvalue weighted by Crippen LogP contribution is -2.44. The van der Waals surface area contributed by atoms with E-state index in [0.29, 0.717) is 35.7 Å². The van der Waals surface area contributed by atoms with Crippen molar-refractivity contribution >= 4 is 5.97 Å². The first-order valence-corrected chi connectivity index (χ1v) is 7.79. The molecule has 1 atom stereocenters. The summed E-state index contributed by atoms with van der Waals surface area (Å²) in [6, 6.07) is 13.1. The van der Waals surface area contributed by atoms with E-state index in [-0.39, 0.29) is 5.97 Å². The van der Waals surface area contributed by atoms with E-state index in [1.165, 1.54) is 0 Å². The molecule has 0 fully saturated rings. The molecule has 0 N–H and O–H groups in total. The van der Waals surface area contributed by atoms with Gasteiger partial charge in [-0.1, -0.05) is 30.3 Å². The molecule has 0 unspecified atom stereocenters. The third-order valence-corrected chi connectivity index (χ3v) is 4.46. The van der Waals surface area contributed by atoms with Gasteiger partial charge < -0.3 is 14.2 Å². The lowest BCUT2D eigenvalue weighted by Gasteiger charge is -2.37. The highest BCUT2D eigenvalue weighted by atomic mass is 16.5. The van der Waals surface area contributed by atoms with Gasteiger partial charge in [-0.05, 0) is 36.6 Å². The first kappa shape index (κ1) is 16.1. The molecular weight excluding hydrogens is 304 g/mol. The molecule has 0 spiro atoms. The van der Waals surface area contributed by atoms with Gasteiger partial charge in [0.05, 0.1) is 19.8 Å². The van der Waals surface area contributed by atoms with Crippen LogP contribution in [0.25, 0.3) is 0 Å². The Labute approximate surface area is 141 Å². The molecule has 0 bridgehead atoms. The van der Waals surface area contributed by atoms with E-state index in [1.54, 1.807) is 20.3 Å². The molecule has 0 saturated heterocycles. The largest absolute Gasteiger partial charge is 0.496 e. The van der Waals surface area contributed by atoms with Crippen LogP contribution >= 0.6 is 0 Å². The second-order valence-corrected chi connectivity index (χ2v) is 5.79. The molecule has 2 aromatic rings. The number of hydrogen-bond donors (Lipinski definition) is 0. The molecule has 3 rings (SSSR count). The summed E-state index contributed by atoms with van der Waals surface area (Å²) in [4.78, 5) is 13.0. The maximum absolute atomic E-state index is 13.0.